The molecule has 0 amide bonds. The van der Waals surface area contributed by atoms with Crippen LogP contribution in [0, 0.1) is 11.3 Å². The number of fused-ring (bicyclic) bond motifs is 2. The lowest BCUT2D eigenvalue weighted by molar-refractivity contribution is 0.218. The average molecular weight is 176 g/mol. The first-order valence-corrected chi connectivity index (χ1v) is 4.41. The van der Waals surface area contributed by atoms with Crippen LogP contribution in [-0.2, 0) is 0 Å². The average Bonchev–Trinajstić information content (AvgIpc) is 2.06. The molecule has 1 aliphatic carbocycles. The Labute approximate surface area is 75.4 Å². The lowest BCUT2D eigenvalue weighted by Crippen LogP contribution is -2.26. The molecule has 2 fully saturated rings. The number of hydrogen-bond acceptors (Lipinski definition) is 1. The van der Waals surface area contributed by atoms with Crippen molar-refractivity contribution in [3.05, 3.63) is 0 Å². The zero-order valence-corrected chi connectivity index (χ0v) is 8.21. The van der Waals surface area contributed by atoms with Gasteiger partial charge in [-0.2, -0.15) is 0 Å². The van der Waals surface area contributed by atoms with Crippen molar-refractivity contribution in [2.24, 2.45) is 11.3 Å². The minimum Gasteiger partial charge on any atom is -0.313 e. The van der Waals surface area contributed by atoms with E-state index in [4.69, 9.17) is 0 Å². The van der Waals surface area contributed by atoms with Crippen LogP contribution in [0.1, 0.15) is 33.1 Å². The van der Waals surface area contributed by atoms with E-state index in [0.29, 0.717) is 5.41 Å². The molecule has 0 aromatic rings. The van der Waals surface area contributed by atoms with E-state index >= 15 is 0 Å². The first kappa shape index (κ1) is 9.34. The van der Waals surface area contributed by atoms with Crippen LogP contribution in [-0.4, -0.2) is 12.6 Å². The van der Waals surface area contributed by atoms with Gasteiger partial charge in [-0.15, -0.1) is 12.4 Å². The maximum Gasteiger partial charge on any atom is 0.00754 e. The zero-order chi connectivity index (χ0) is 7.19. The van der Waals surface area contributed by atoms with Crippen LogP contribution < -0.4 is 5.32 Å². The fourth-order valence-corrected chi connectivity index (χ4v) is 2.86. The van der Waals surface area contributed by atoms with Gasteiger partial charge >= 0.3 is 0 Å². The highest BCUT2D eigenvalue weighted by molar-refractivity contribution is 5.85. The molecule has 3 unspecified atom stereocenters. The summed E-state index contributed by atoms with van der Waals surface area (Å²) >= 11 is 0. The van der Waals surface area contributed by atoms with Gasteiger partial charge < -0.3 is 5.32 Å². The van der Waals surface area contributed by atoms with Gasteiger partial charge in [-0.25, -0.2) is 0 Å². The van der Waals surface area contributed by atoms with E-state index in [1.807, 2.05) is 0 Å². The third-order valence-electron chi connectivity index (χ3n) is 3.08. The molecule has 1 aliphatic heterocycles. The Hall–Kier alpha value is 0.250. The van der Waals surface area contributed by atoms with E-state index in [-0.39, 0.29) is 12.4 Å². The second-order valence-electron chi connectivity index (χ2n) is 4.64. The topological polar surface area (TPSA) is 12.0 Å². The fraction of sp³-hybridized carbons (Fsp3) is 1.00. The lowest BCUT2D eigenvalue weighted by atomic mass is 9.73. The summed E-state index contributed by atoms with van der Waals surface area (Å²) in [6.45, 7) is 6.08. The predicted molar refractivity (Wildman–Crippen MR) is 50.2 cm³/mol. The largest absolute Gasteiger partial charge is 0.313 e. The summed E-state index contributed by atoms with van der Waals surface area (Å²) in [4.78, 5) is 0. The Morgan fingerprint density at radius 3 is 2.73 bits per heavy atom. The van der Waals surface area contributed by atoms with Crippen LogP contribution in [0.5, 0.6) is 0 Å². The molecule has 66 valence electrons. The molecule has 1 nitrogen and oxygen atoms in total. The van der Waals surface area contributed by atoms with Crippen LogP contribution in [0.4, 0.5) is 0 Å². The number of hydrogen-bond donors (Lipinski definition) is 1. The number of halogens is 1. The SMILES string of the molecule is CC1CC2CC(C)(CN2)C1.Cl. The lowest BCUT2D eigenvalue weighted by Gasteiger charge is -2.31. The minimum atomic E-state index is 0. The second kappa shape index (κ2) is 2.95. The van der Waals surface area contributed by atoms with E-state index in [9.17, 15) is 0 Å². The first-order valence-electron chi connectivity index (χ1n) is 4.41. The van der Waals surface area contributed by atoms with E-state index < -0.39 is 0 Å². The third kappa shape index (κ3) is 1.70. The Bertz CT molecular complexity index is 148. The highest BCUT2D eigenvalue weighted by Gasteiger charge is 2.40. The summed E-state index contributed by atoms with van der Waals surface area (Å²) in [5.74, 6) is 0.957. The maximum absolute atomic E-state index is 3.59. The molecule has 1 heterocycles. The van der Waals surface area contributed by atoms with Crippen molar-refractivity contribution in [2.45, 2.75) is 39.2 Å². The van der Waals surface area contributed by atoms with Crippen LogP contribution in [0.3, 0.4) is 0 Å². The van der Waals surface area contributed by atoms with Gasteiger partial charge in [0.2, 0.25) is 0 Å². The summed E-state index contributed by atoms with van der Waals surface area (Å²) < 4.78 is 0. The molecule has 0 aromatic carbocycles. The molecule has 2 aliphatic rings. The highest BCUT2D eigenvalue weighted by Crippen LogP contribution is 2.42. The Balaban J connectivity index is 0.000000605. The molecule has 1 saturated heterocycles. The number of nitrogens with one attached hydrogen (secondary N) is 1. The Morgan fingerprint density at radius 2 is 2.09 bits per heavy atom. The third-order valence-corrected chi connectivity index (χ3v) is 3.08. The number of rotatable bonds is 0. The summed E-state index contributed by atoms with van der Waals surface area (Å²) in [5, 5.41) is 3.59. The van der Waals surface area contributed by atoms with Gasteiger partial charge in [-0.05, 0) is 30.6 Å². The minimum absolute atomic E-state index is 0. The molecule has 2 rings (SSSR count). The fourth-order valence-electron chi connectivity index (χ4n) is 2.86. The highest BCUT2D eigenvalue weighted by atomic mass is 35.5. The summed E-state index contributed by atoms with van der Waals surface area (Å²) in [6.07, 6.45) is 4.28. The molecule has 2 heteroatoms. The maximum atomic E-state index is 3.59. The molecule has 0 aromatic heterocycles. The molecule has 1 saturated carbocycles. The zero-order valence-electron chi connectivity index (χ0n) is 7.39. The summed E-state index contributed by atoms with van der Waals surface area (Å²) in [6, 6.07) is 0.855. The standard InChI is InChI=1S/C9H17N.ClH/c1-7-3-8-5-9(2,4-7)6-10-8;/h7-8,10H,3-6H2,1-2H3;1H. The van der Waals surface area contributed by atoms with E-state index in [0.717, 1.165) is 12.0 Å². The van der Waals surface area contributed by atoms with Gasteiger partial charge in [0.05, 0.1) is 0 Å². The van der Waals surface area contributed by atoms with Crippen molar-refractivity contribution in [3.63, 3.8) is 0 Å². The van der Waals surface area contributed by atoms with Crippen molar-refractivity contribution < 1.29 is 0 Å². The molecule has 3 atom stereocenters. The van der Waals surface area contributed by atoms with E-state index in [1.54, 1.807) is 0 Å². The molecule has 11 heavy (non-hydrogen) atoms. The van der Waals surface area contributed by atoms with Crippen molar-refractivity contribution in [1.29, 1.82) is 0 Å². The van der Waals surface area contributed by atoms with Gasteiger partial charge in [0.25, 0.3) is 0 Å². The van der Waals surface area contributed by atoms with Crippen molar-refractivity contribution in [3.8, 4) is 0 Å². The first-order chi connectivity index (χ1) is 4.68. The normalized spacial score (nSPS) is 48.5. The predicted octanol–water partition coefficient (Wildman–Crippen LogP) is 2.21. The van der Waals surface area contributed by atoms with Crippen LogP contribution in [0.25, 0.3) is 0 Å². The van der Waals surface area contributed by atoms with Crippen molar-refractivity contribution in [2.75, 3.05) is 6.54 Å². The van der Waals surface area contributed by atoms with Crippen molar-refractivity contribution in [1.82, 2.24) is 5.32 Å². The molecule has 1 N–H and O–H groups in total. The van der Waals surface area contributed by atoms with Crippen LogP contribution >= 0.6 is 12.4 Å². The Kier molecular flexibility index (Phi) is 2.50. The van der Waals surface area contributed by atoms with E-state index in [2.05, 4.69) is 19.2 Å². The monoisotopic (exact) mass is 175 g/mol. The van der Waals surface area contributed by atoms with Gasteiger partial charge in [0.1, 0.15) is 0 Å². The molecular formula is C9H18ClN. The molecule has 0 radical (unpaired) electrons. The molecular weight excluding hydrogens is 158 g/mol. The second-order valence-corrected chi connectivity index (χ2v) is 4.64. The summed E-state index contributed by atoms with van der Waals surface area (Å²) in [5.41, 5.74) is 0.655. The molecule has 0 spiro atoms. The smallest absolute Gasteiger partial charge is 0.00754 e. The van der Waals surface area contributed by atoms with Gasteiger partial charge in [-0.3, -0.25) is 0 Å². The van der Waals surface area contributed by atoms with Crippen molar-refractivity contribution >= 4 is 12.4 Å². The van der Waals surface area contributed by atoms with Crippen LogP contribution in [0.15, 0.2) is 0 Å². The van der Waals surface area contributed by atoms with Crippen LogP contribution in [0.2, 0.25) is 0 Å². The van der Waals surface area contributed by atoms with E-state index in [1.165, 1.54) is 25.8 Å². The van der Waals surface area contributed by atoms with Gasteiger partial charge in [0.15, 0.2) is 0 Å². The summed E-state index contributed by atoms with van der Waals surface area (Å²) in [7, 11) is 0. The van der Waals surface area contributed by atoms with Gasteiger partial charge in [-0.1, -0.05) is 13.8 Å². The quantitative estimate of drug-likeness (QED) is 0.596. The molecule has 2 bridgehead atoms. The Morgan fingerprint density at radius 1 is 1.36 bits per heavy atom. The van der Waals surface area contributed by atoms with Gasteiger partial charge in [0, 0.05) is 12.6 Å².